The molecule has 0 unspecified atom stereocenters. The number of carbonyl (C=O) groups is 2. The molecule has 154 valence electrons. The molecule has 1 aliphatic rings. The van der Waals surface area contributed by atoms with Crippen LogP contribution in [-0.2, 0) is 6.42 Å². The van der Waals surface area contributed by atoms with E-state index in [2.05, 4.69) is 15.6 Å². The highest BCUT2D eigenvalue weighted by Gasteiger charge is 2.32. The first-order chi connectivity index (χ1) is 15.1. The van der Waals surface area contributed by atoms with E-state index in [-0.39, 0.29) is 11.8 Å². The van der Waals surface area contributed by atoms with Crippen LogP contribution in [0.5, 0.6) is 0 Å². The number of amides is 2. The average Bonchev–Trinajstić information content (AvgIpc) is 3.35. The number of benzene rings is 2. The van der Waals surface area contributed by atoms with Crippen molar-refractivity contribution in [2.45, 2.75) is 18.6 Å². The van der Waals surface area contributed by atoms with Gasteiger partial charge >= 0.3 is 0 Å². The van der Waals surface area contributed by atoms with Crippen LogP contribution >= 0.6 is 0 Å². The molecule has 2 atom stereocenters. The monoisotopic (exact) mass is 412 g/mol. The van der Waals surface area contributed by atoms with E-state index in [1.54, 1.807) is 34.9 Å². The van der Waals surface area contributed by atoms with E-state index < -0.39 is 12.1 Å². The fourth-order valence-electron chi connectivity index (χ4n) is 4.01. The van der Waals surface area contributed by atoms with E-state index in [0.29, 0.717) is 29.0 Å². The van der Waals surface area contributed by atoms with Crippen molar-refractivity contribution in [2.24, 2.45) is 0 Å². The molecular weight excluding hydrogens is 392 g/mol. The van der Waals surface area contributed by atoms with Crippen LogP contribution < -0.4 is 10.6 Å². The van der Waals surface area contributed by atoms with Gasteiger partial charge in [-0.15, -0.1) is 0 Å². The van der Waals surface area contributed by atoms with Gasteiger partial charge in [-0.05, 0) is 41.5 Å². The summed E-state index contributed by atoms with van der Waals surface area (Å²) in [5, 5.41) is 16.1. The number of aliphatic hydroxyl groups is 1. The van der Waals surface area contributed by atoms with Gasteiger partial charge in [0.2, 0.25) is 0 Å². The lowest BCUT2D eigenvalue weighted by molar-refractivity contribution is 0.0858. The Labute approximate surface area is 178 Å². The van der Waals surface area contributed by atoms with Crippen LogP contribution in [0.25, 0.3) is 5.65 Å². The highest BCUT2D eigenvalue weighted by molar-refractivity contribution is 6.04. The number of nitrogens with zero attached hydrogens (tertiary/aromatic N) is 2. The van der Waals surface area contributed by atoms with Gasteiger partial charge in [0.1, 0.15) is 11.3 Å². The van der Waals surface area contributed by atoms with Crippen molar-refractivity contribution in [1.29, 1.82) is 0 Å². The van der Waals surface area contributed by atoms with E-state index in [0.717, 1.165) is 11.1 Å². The number of pyridine rings is 1. The van der Waals surface area contributed by atoms with Crippen LogP contribution in [0, 0.1) is 0 Å². The van der Waals surface area contributed by atoms with Gasteiger partial charge in [0.05, 0.1) is 18.3 Å². The number of imidazole rings is 1. The van der Waals surface area contributed by atoms with Crippen molar-refractivity contribution < 1.29 is 14.7 Å². The minimum Gasteiger partial charge on any atom is -0.390 e. The molecule has 0 spiro atoms. The summed E-state index contributed by atoms with van der Waals surface area (Å²) in [4.78, 5) is 29.8. The molecule has 7 nitrogen and oxygen atoms in total. The Morgan fingerprint density at radius 3 is 2.74 bits per heavy atom. The normalized spacial score (nSPS) is 17.3. The third-order valence-electron chi connectivity index (χ3n) is 5.52. The van der Waals surface area contributed by atoms with E-state index in [1.165, 1.54) is 6.20 Å². The van der Waals surface area contributed by atoms with Crippen molar-refractivity contribution in [3.8, 4) is 0 Å². The number of hydrogen-bond acceptors (Lipinski definition) is 4. The van der Waals surface area contributed by atoms with Crippen LogP contribution in [0.15, 0.2) is 79.1 Å². The molecule has 0 saturated carbocycles. The Bertz CT molecular complexity index is 1300. The summed E-state index contributed by atoms with van der Waals surface area (Å²) in [6.45, 7) is 0. The Morgan fingerprint density at radius 1 is 1.00 bits per heavy atom. The smallest absolute Gasteiger partial charge is 0.274 e. The van der Waals surface area contributed by atoms with Gasteiger partial charge in [0, 0.05) is 23.9 Å². The zero-order valence-electron chi connectivity index (χ0n) is 16.5. The molecule has 5 rings (SSSR count). The Hall–Kier alpha value is -3.97. The van der Waals surface area contributed by atoms with Crippen LogP contribution in [0.3, 0.4) is 0 Å². The molecule has 0 aliphatic heterocycles. The maximum absolute atomic E-state index is 12.8. The number of aromatic nitrogens is 2. The fraction of sp³-hybridized carbons (Fsp3) is 0.125. The summed E-state index contributed by atoms with van der Waals surface area (Å²) >= 11 is 0. The van der Waals surface area contributed by atoms with Gasteiger partial charge in [-0.2, -0.15) is 0 Å². The van der Waals surface area contributed by atoms with Gasteiger partial charge < -0.3 is 15.7 Å². The van der Waals surface area contributed by atoms with Gasteiger partial charge in [-0.3, -0.25) is 14.0 Å². The van der Waals surface area contributed by atoms with Gasteiger partial charge in [0.15, 0.2) is 0 Å². The molecule has 0 bridgehead atoms. The first-order valence-corrected chi connectivity index (χ1v) is 10.0. The molecule has 7 heteroatoms. The van der Waals surface area contributed by atoms with Crippen molar-refractivity contribution in [2.75, 3.05) is 5.32 Å². The third kappa shape index (κ3) is 3.55. The number of carbonyl (C=O) groups excluding carboxylic acids is 2. The Morgan fingerprint density at radius 2 is 1.84 bits per heavy atom. The predicted molar refractivity (Wildman–Crippen MR) is 116 cm³/mol. The molecule has 0 radical (unpaired) electrons. The van der Waals surface area contributed by atoms with Crippen molar-refractivity contribution >= 4 is 23.1 Å². The molecule has 2 heterocycles. The topological polar surface area (TPSA) is 95.7 Å². The first kappa shape index (κ1) is 19.0. The lowest BCUT2D eigenvalue weighted by Gasteiger charge is -2.18. The minimum atomic E-state index is -0.667. The molecule has 2 amide bonds. The summed E-state index contributed by atoms with van der Waals surface area (Å²) < 4.78 is 1.70. The second-order valence-corrected chi connectivity index (χ2v) is 7.53. The minimum absolute atomic E-state index is 0.313. The van der Waals surface area contributed by atoms with Crippen molar-refractivity contribution in [3.63, 3.8) is 0 Å². The van der Waals surface area contributed by atoms with Gasteiger partial charge in [-0.1, -0.05) is 36.4 Å². The highest BCUT2D eigenvalue weighted by atomic mass is 16.3. The predicted octanol–water partition coefficient (Wildman–Crippen LogP) is 2.97. The molecule has 0 saturated heterocycles. The summed E-state index contributed by atoms with van der Waals surface area (Å²) in [5.74, 6) is -0.636. The van der Waals surface area contributed by atoms with Crippen LogP contribution in [0.2, 0.25) is 0 Å². The molecular formula is C24H20N4O3. The lowest BCUT2D eigenvalue weighted by atomic mass is 10.1. The number of fused-ring (bicyclic) bond motifs is 2. The zero-order valence-corrected chi connectivity index (χ0v) is 16.5. The number of aliphatic hydroxyl groups excluding tert-OH is 1. The maximum Gasteiger partial charge on any atom is 0.274 e. The van der Waals surface area contributed by atoms with Crippen LogP contribution in [0.4, 0.5) is 5.69 Å². The van der Waals surface area contributed by atoms with Crippen molar-refractivity contribution in [3.05, 3.63) is 102 Å². The zero-order chi connectivity index (χ0) is 21.4. The quantitative estimate of drug-likeness (QED) is 0.480. The van der Waals surface area contributed by atoms with Crippen LogP contribution in [0.1, 0.15) is 38.0 Å². The van der Waals surface area contributed by atoms with Gasteiger partial charge in [0.25, 0.3) is 11.8 Å². The number of anilines is 1. The fourth-order valence-corrected chi connectivity index (χ4v) is 4.01. The van der Waals surface area contributed by atoms with E-state index in [4.69, 9.17) is 0 Å². The Kier molecular flexibility index (Phi) is 4.72. The molecule has 31 heavy (non-hydrogen) atoms. The molecule has 2 aromatic heterocycles. The Balaban J connectivity index is 1.33. The standard InChI is InChI=1S/C24H20N4O3/c29-20-13-15-6-1-2-9-18(15)22(20)27-23(30)16-7-5-8-17(12-16)26-24(31)19-14-25-21-10-3-4-11-28(19)21/h1-12,14,20,22,29H,13H2,(H,26,31)(H,27,30)/t20-,22+/m1/s1. The van der Waals surface area contributed by atoms with E-state index >= 15 is 0 Å². The van der Waals surface area contributed by atoms with Gasteiger partial charge in [-0.25, -0.2) is 4.98 Å². The summed E-state index contributed by atoms with van der Waals surface area (Å²) in [7, 11) is 0. The summed E-state index contributed by atoms with van der Waals surface area (Å²) in [6, 6.07) is 19.4. The molecule has 4 aromatic rings. The number of hydrogen-bond donors (Lipinski definition) is 3. The molecule has 1 aliphatic carbocycles. The van der Waals surface area contributed by atoms with E-state index in [9.17, 15) is 14.7 Å². The second kappa shape index (κ2) is 7.70. The average molecular weight is 412 g/mol. The molecule has 2 aromatic carbocycles. The second-order valence-electron chi connectivity index (χ2n) is 7.53. The summed E-state index contributed by atoms with van der Waals surface area (Å²) in [6.07, 6.45) is 3.13. The van der Waals surface area contributed by atoms with E-state index in [1.807, 2.05) is 42.5 Å². The largest absolute Gasteiger partial charge is 0.390 e. The van der Waals surface area contributed by atoms with Crippen LogP contribution in [-0.4, -0.2) is 32.4 Å². The maximum atomic E-state index is 12.8. The number of rotatable bonds is 4. The lowest BCUT2D eigenvalue weighted by Crippen LogP contribution is -2.33. The SMILES string of the molecule is O=C(N[C@H]1c2ccccc2C[C@H]1O)c1cccc(NC(=O)c2cnc3ccccn23)c1. The number of nitrogens with one attached hydrogen (secondary N) is 2. The summed E-state index contributed by atoms with van der Waals surface area (Å²) in [5.41, 5.74) is 3.94. The third-order valence-corrected chi connectivity index (χ3v) is 5.52. The van der Waals surface area contributed by atoms with Crippen molar-refractivity contribution in [1.82, 2.24) is 14.7 Å². The highest BCUT2D eigenvalue weighted by Crippen LogP contribution is 2.31. The molecule has 0 fully saturated rings. The molecule has 3 N–H and O–H groups in total. The first-order valence-electron chi connectivity index (χ1n) is 10.0.